The first-order valence-electron chi connectivity index (χ1n) is 6.72. The number of para-hydroxylation sites is 1. The minimum atomic E-state index is -0.191. The van der Waals surface area contributed by atoms with Crippen molar-refractivity contribution in [2.75, 3.05) is 5.32 Å². The van der Waals surface area contributed by atoms with Crippen molar-refractivity contribution in [3.8, 4) is 0 Å². The Hall–Kier alpha value is -1.02. The Morgan fingerprint density at radius 3 is 2.59 bits per heavy atom. The molecule has 17 heavy (non-hydrogen) atoms. The van der Waals surface area contributed by atoms with Crippen molar-refractivity contribution in [2.45, 2.75) is 57.6 Å². The van der Waals surface area contributed by atoms with Gasteiger partial charge in [-0.25, -0.2) is 0 Å². The zero-order valence-electron chi connectivity index (χ0n) is 10.8. The minimum Gasteiger partial charge on any atom is -0.391 e. The van der Waals surface area contributed by atoms with Gasteiger partial charge in [-0.3, -0.25) is 0 Å². The first-order chi connectivity index (χ1) is 8.18. The van der Waals surface area contributed by atoms with E-state index in [9.17, 15) is 5.11 Å². The van der Waals surface area contributed by atoms with Gasteiger partial charge >= 0.3 is 0 Å². The van der Waals surface area contributed by atoms with Crippen LogP contribution in [0, 0.1) is 0 Å². The number of hydrogen-bond donors (Lipinski definition) is 2. The van der Waals surface area contributed by atoms with Gasteiger partial charge in [0.05, 0.1) is 12.1 Å². The summed E-state index contributed by atoms with van der Waals surface area (Å²) in [7, 11) is 0. The lowest BCUT2D eigenvalue weighted by molar-refractivity contribution is 0.116. The fourth-order valence-corrected chi connectivity index (χ4v) is 2.61. The van der Waals surface area contributed by atoms with Crippen molar-refractivity contribution in [1.82, 2.24) is 0 Å². The second-order valence-electron chi connectivity index (χ2n) is 5.34. The molecule has 0 amide bonds. The lowest BCUT2D eigenvalue weighted by Crippen LogP contribution is -2.36. The summed E-state index contributed by atoms with van der Waals surface area (Å²) in [5.41, 5.74) is 2.53. The highest BCUT2D eigenvalue weighted by Gasteiger charge is 2.23. The lowest BCUT2D eigenvalue weighted by atomic mass is 9.91. The van der Waals surface area contributed by atoms with Crippen molar-refractivity contribution in [2.24, 2.45) is 0 Å². The van der Waals surface area contributed by atoms with Crippen LogP contribution in [0.4, 0.5) is 5.69 Å². The molecule has 1 aliphatic carbocycles. The van der Waals surface area contributed by atoms with Gasteiger partial charge in [0.15, 0.2) is 0 Å². The van der Waals surface area contributed by atoms with Crippen LogP contribution in [-0.2, 0) is 0 Å². The van der Waals surface area contributed by atoms with Gasteiger partial charge in [0.25, 0.3) is 0 Å². The Labute approximate surface area is 104 Å². The summed E-state index contributed by atoms with van der Waals surface area (Å²) in [6.45, 7) is 4.41. The maximum Gasteiger partial charge on any atom is 0.0741 e. The Morgan fingerprint density at radius 2 is 1.88 bits per heavy atom. The monoisotopic (exact) mass is 233 g/mol. The predicted molar refractivity (Wildman–Crippen MR) is 72.4 cm³/mol. The summed E-state index contributed by atoms with van der Waals surface area (Å²) in [6, 6.07) is 8.66. The van der Waals surface area contributed by atoms with Crippen LogP contribution in [0.1, 0.15) is 51.0 Å². The Balaban J connectivity index is 2.12. The van der Waals surface area contributed by atoms with Crippen LogP contribution in [0.5, 0.6) is 0 Å². The Kier molecular flexibility index (Phi) is 4.06. The molecule has 1 fully saturated rings. The van der Waals surface area contributed by atoms with Gasteiger partial charge in [0, 0.05) is 5.69 Å². The average Bonchev–Trinajstić information content (AvgIpc) is 2.32. The quantitative estimate of drug-likeness (QED) is 0.837. The SMILES string of the molecule is CC(C)c1ccccc1N[C@H]1CCCC[C@@H]1O. The number of hydrogen-bond acceptors (Lipinski definition) is 2. The fraction of sp³-hybridized carbons (Fsp3) is 0.600. The van der Waals surface area contributed by atoms with Crippen molar-refractivity contribution in [3.63, 3.8) is 0 Å². The Morgan fingerprint density at radius 1 is 1.18 bits per heavy atom. The molecule has 2 nitrogen and oxygen atoms in total. The van der Waals surface area contributed by atoms with Gasteiger partial charge < -0.3 is 10.4 Å². The number of aliphatic hydroxyl groups excluding tert-OH is 1. The molecular formula is C15H23NO. The predicted octanol–water partition coefficient (Wildman–Crippen LogP) is 3.53. The first-order valence-corrected chi connectivity index (χ1v) is 6.72. The van der Waals surface area contributed by atoms with Crippen LogP contribution in [0.15, 0.2) is 24.3 Å². The number of anilines is 1. The standard InChI is InChI=1S/C15H23NO/c1-11(2)12-7-3-4-8-13(12)16-14-9-5-6-10-15(14)17/h3-4,7-8,11,14-17H,5-6,9-10H2,1-2H3/t14-,15-/m0/s1. The van der Waals surface area contributed by atoms with E-state index in [1.165, 1.54) is 17.7 Å². The topological polar surface area (TPSA) is 32.3 Å². The molecule has 94 valence electrons. The van der Waals surface area contributed by atoms with Crippen LogP contribution in [-0.4, -0.2) is 17.3 Å². The maximum absolute atomic E-state index is 10.00. The van der Waals surface area contributed by atoms with Crippen molar-refractivity contribution >= 4 is 5.69 Å². The summed E-state index contributed by atoms with van der Waals surface area (Å²) in [5.74, 6) is 0.513. The molecule has 1 aromatic rings. The molecule has 0 saturated heterocycles. The molecule has 0 spiro atoms. The molecule has 0 unspecified atom stereocenters. The summed E-state index contributed by atoms with van der Waals surface area (Å²) >= 11 is 0. The number of nitrogens with one attached hydrogen (secondary N) is 1. The highest BCUT2D eigenvalue weighted by molar-refractivity contribution is 5.53. The smallest absolute Gasteiger partial charge is 0.0741 e. The van der Waals surface area contributed by atoms with E-state index < -0.39 is 0 Å². The molecule has 0 bridgehead atoms. The van der Waals surface area contributed by atoms with Crippen LogP contribution < -0.4 is 5.32 Å². The fourth-order valence-electron chi connectivity index (χ4n) is 2.61. The summed E-state index contributed by atoms with van der Waals surface area (Å²) in [4.78, 5) is 0. The van der Waals surface area contributed by atoms with Crippen molar-refractivity contribution < 1.29 is 5.11 Å². The molecule has 0 aliphatic heterocycles. The molecule has 0 heterocycles. The van der Waals surface area contributed by atoms with Gasteiger partial charge in [-0.1, -0.05) is 44.9 Å². The molecule has 2 N–H and O–H groups in total. The molecule has 1 aliphatic rings. The summed E-state index contributed by atoms with van der Waals surface area (Å²) in [6.07, 6.45) is 4.20. The summed E-state index contributed by atoms with van der Waals surface area (Å²) < 4.78 is 0. The van der Waals surface area contributed by atoms with E-state index in [1.807, 2.05) is 0 Å². The third kappa shape index (κ3) is 3.01. The van der Waals surface area contributed by atoms with Crippen LogP contribution >= 0.6 is 0 Å². The van der Waals surface area contributed by atoms with Gasteiger partial charge in [-0.15, -0.1) is 0 Å². The van der Waals surface area contributed by atoms with Gasteiger partial charge in [-0.05, 0) is 30.4 Å². The third-order valence-electron chi connectivity index (χ3n) is 3.65. The first kappa shape index (κ1) is 12.4. The van der Waals surface area contributed by atoms with E-state index >= 15 is 0 Å². The van der Waals surface area contributed by atoms with Gasteiger partial charge in [0.2, 0.25) is 0 Å². The Bertz CT molecular complexity index is 362. The number of benzene rings is 1. The largest absolute Gasteiger partial charge is 0.391 e. The molecule has 1 aromatic carbocycles. The molecule has 0 radical (unpaired) electrons. The zero-order chi connectivity index (χ0) is 12.3. The van der Waals surface area contributed by atoms with Crippen LogP contribution in [0.3, 0.4) is 0 Å². The molecule has 0 aromatic heterocycles. The second-order valence-corrected chi connectivity index (χ2v) is 5.34. The normalized spacial score (nSPS) is 24.9. The second kappa shape index (κ2) is 5.54. The highest BCUT2D eigenvalue weighted by atomic mass is 16.3. The lowest BCUT2D eigenvalue weighted by Gasteiger charge is -2.30. The van der Waals surface area contributed by atoms with E-state index in [2.05, 4.69) is 43.4 Å². The molecule has 1 saturated carbocycles. The highest BCUT2D eigenvalue weighted by Crippen LogP contribution is 2.27. The summed E-state index contributed by atoms with van der Waals surface area (Å²) in [5, 5.41) is 13.5. The maximum atomic E-state index is 10.00. The van der Waals surface area contributed by atoms with E-state index in [0.717, 1.165) is 19.3 Å². The molecule has 2 atom stereocenters. The molecule has 2 rings (SSSR count). The molecule has 2 heteroatoms. The van der Waals surface area contributed by atoms with Gasteiger partial charge in [0.1, 0.15) is 0 Å². The third-order valence-corrected chi connectivity index (χ3v) is 3.65. The van der Waals surface area contributed by atoms with Gasteiger partial charge in [-0.2, -0.15) is 0 Å². The minimum absolute atomic E-state index is 0.191. The van der Waals surface area contributed by atoms with E-state index in [0.29, 0.717) is 5.92 Å². The van der Waals surface area contributed by atoms with Crippen LogP contribution in [0.2, 0.25) is 0 Å². The van der Waals surface area contributed by atoms with E-state index in [1.54, 1.807) is 0 Å². The number of aliphatic hydroxyl groups is 1. The van der Waals surface area contributed by atoms with Crippen molar-refractivity contribution in [1.29, 1.82) is 0 Å². The van der Waals surface area contributed by atoms with Crippen molar-refractivity contribution in [3.05, 3.63) is 29.8 Å². The van der Waals surface area contributed by atoms with E-state index in [4.69, 9.17) is 0 Å². The van der Waals surface area contributed by atoms with E-state index in [-0.39, 0.29) is 12.1 Å². The average molecular weight is 233 g/mol. The molecular weight excluding hydrogens is 210 g/mol. The van der Waals surface area contributed by atoms with Crippen LogP contribution in [0.25, 0.3) is 0 Å². The number of rotatable bonds is 3. The zero-order valence-corrected chi connectivity index (χ0v) is 10.8.